The van der Waals surface area contributed by atoms with Gasteiger partial charge in [0.15, 0.2) is 0 Å². The van der Waals surface area contributed by atoms with E-state index in [1.165, 1.54) is 4.70 Å². The third-order valence-electron chi connectivity index (χ3n) is 3.33. The van der Waals surface area contributed by atoms with Crippen LogP contribution in [-0.4, -0.2) is 5.91 Å². The van der Waals surface area contributed by atoms with Gasteiger partial charge < -0.3 is 11.1 Å². The van der Waals surface area contributed by atoms with Gasteiger partial charge in [-0.1, -0.05) is 6.07 Å². The van der Waals surface area contributed by atoms with Crippen LogP contribution in [0.1, 0.15) is 15.9 Å². The number of benzene rings is 2. The van der Waals surface area contributed by atoms with Crippen LogP contribution in [0.5, 0.6) is 0 Å². The molecule has 0 bridgehead atoms. The highest BCUT2D eigenvalue weighted by molar-refractivity contribution is 7.17. The SMILES string of the molecule is Cc1c(N)cccc1C(=O)Nc1ccc2sccc2c1. The lowest BCUT2D eigenvalue weighted by Gasteiger charge is -2.09. The lowest BCUT2D eigenvalue weighted by atomic mass is 10.1. The number of amides is 1. The highest BCUT2D eigenvalue weighted by atomic mass is 32.1. The number of hydrogen-bond acceptors (Lipinski definition) is 3. The van der Waals surface area contributed by atoms with Gasteiger partial charge in [0.05, 0.1) is 0 Å². The molecular formula is C16H14N2OS. The van der Waals surface area contributed by atoms with Crippen molar-refractivity contribution in [1.82, 2.24) is 0 Å². The van der Waals surface area contributed by atoms with E-state index >= 15 is 0 Å². The van der Waals surface area contributed by atoms with E-state index in [0.717, 1.165) is 16.6 Å². The van der Waals surface area contributed by atoms with Crippen LogP contribution in [0.25, 0.3) is 10.1 Å². The van der Waals surface area contributed by atoms with Crippen LogP contribution in [0, 0.1) is 6.92 Å². The molecule has 1 aromatic heterocycles. The Kier molecular flexibility index (Phi) is 3.16. The van der Waals surface area contributed by atoms with Crippen LogP contribution in [0.15, 0.2) is 47.8 Å². The van der Waals surface area contributed by atoms with Crippen LogP contribution >= 0.6 is 11.3 Å². The molecule has 1 amide bonds. The van der Waals surface area contributed by atoms with Crippen LogP contribution in [0.3, 0.4) is 0 Å². The molecule has 0 radical (unpaired) electrons. The van der Waals surface area contributed by atoms with Gasteiger partial charge in [-0.15, -0.1) is 11.3 Å². The lowest BCUT2D eigenvalue weighted by Crippen LogP contribution is -2.14. The predicted molar refractivity (Wildman–Crippen MR) is 85.4 cm³/mol. The molecule has 0 saturated heterocycles. The van der Waals surface area contributed by atoms with Crippen molar-refractivity contribution in [2.45, 2.75) is 6.92 Å². The first kappa shape index (κ1) is 12.7. The number of nitrogen functional groups attached to an aromatic ring is 1. The lowest BCUT2D eigenvalue weighted by molar-refractivity contribution is 0.102. The zero-order valence-corrected chi connectivity index (χ0v) is 11.8. The van der Waals surface area contributed by atoms with E-state index in [2.05, 4.69) is 5.32 Å². The van der Waals surface area contributed by atoms with Crippen molar-refractivity contribution in [2.24, 2.45) is 0 Å². The minimum atomic E-state index is -0.135. The molecule has 3 nitrogen and oxygen atoms in total. The maximum Gasteiger partial charge on any atom is 0.256 e. The van der Waals surface area contributed by atoms with Gasteiger partial charge in [-0.3, -0.25) is 4.79 Å². The van der Waals surface area contributed by atoms with Gasteiger partial charge in [0.25, 0.3) is 5.91 Å². The van der Waals surface area contributed by atoms with Gasteiger partial charge in [-0.05, 0) is 59.7 Å². The topological polar surface area (TPSA) is 55.1 Å². The van der Waals surface area contributed by atoms with E-state index in [-0.39, 0.29) is 5.91 Å². The Bertz CT molecular complexity index is 792. The number of hydrogen-bond donors (Lipinski definition) is 2. The first-order valence-corrected chi connectivity index (χ1v) is 7.17. The zero-order valence-electron chi connectivity index (χ0n) is 11.0. The van der Waals surface area contributed by atoms with Crippen molar-refractivity contribution in [1.29, 1.82) is 0 Å². The van der Waals surface area contributed by atoms with Crippen molar-refractivity contribution >= 4 is 38.7 Å². The number of nitrogens with two attached hydrogens (primary N) is 1. The number of rotatable bonds is 2. The predicted octanol–water partition coefficient (Wildman–Crippen LogP) is 4.04. The van der Waals surface area contributed by atoms with Crippen LogP contribution in [0.4, 0.5) is 11.4 Å². The summed E-state index contributed by atoms with van der Waals surface area (Å²) in [5.41, 5.74) is 8.67. The molecule has 0 saturated carbocycles. The summed E-state index contributed by atoms with van der Waals surface area (Å²) in [4.78, 5) is 12.3. The van der Waals surface area contributed by atoms with Crippen LogP contribution < -0.4 is 11.1 Å². The van der Waals surface area contributed by atoms with E-state index in [1.807, 2.05) is 36.6 Å². The fraction of sp³-hybridized carbons (Fsp3) is 0.0625. The smallest absolute Gasteiger partial charge is 0.256 e. The normalized spacial score (nSPS) is 10.7. The molecule has 0 unspecified atom stereocenters. The summed E-state index contributed by atoms with van der Waals surface area (Å²) in [6.07, 6.45) is 0. The average Bonchev–Trinajstić information content (AvgIpc) is 2.89. The number of fused-ring (bicyclic) bond motifs is 1. The minimum absolute atomic E-state index is 0.135. The van der Waals surface area contributed by atoms with Gasteiger partial charge in [-0.2, -0.15) is 0 Å². The number of carbonyl (C=O) groups excluding carboxylic acids is 1. The molecule has 0 atom stereocenters. The molecular weight excluding hydrogens is 268 g/mol. The molecule has 4 heteroatoms. The Morgan fingerprint density at radius 3 is 2.90 bits per heavy atom. The monoisotopic (exact) mass is 282 g/mol. The molecule has 0 aliphatic carbocycles. The van der Waals surface area contributed by atoms with E-state index in [0.29, 0.717) is 11.3 Å². The third-order valence-corrected chi connectivity index (χ3v) is 4.23. The number of thiophene rings is 1. The van der Waals surface area contributed by atoms with Crippen molar-refractivity contribution in [3.8, 4) is 0 Å². The largest absolute Gasteiger partial charge is 0.398 e. The van der Waals surface area contributed by atoms with Crippen molar-refractivity contribution in [3.05, 3.63) is 59.0 Å². The Morgan fingerprint density at radius 1 is 1.20 bits per heavy atom. The van der Waals surface area contributed by atoms with Crippen LogP contribution in [0.2, 0.25) is 0 Å². The Balaban J connectivity index is 1.90. The molecule has 0 fully saturated rings. The summed E-state index contributed by atoms with van der Waals surface area (Å²) < 4.78 is 1.21. The fourth-order valence-corrected chi connectivity index (χ4v) is 2.91. The maximum absolute atomic E-state index is 12.3. The van der Waals surface area contributed by atoms with E-state index in [1.54, 1.807) is 29.5 Å². The number of nitrogens with one attached hydrogen (secondary N) is 1. The summed E-state index contributed by atoms with van der Waals surface area (Å²) >= 11 is 1.69. The standard InChI is InChI=1S/C16H14N2OS/c1-10-13(3-2-4-14(10)17)16(19)18-12-5-6-15-11(9-12)7-8-20-15/h2-9H,17H2,1H3,(H,18,19). The molecule has 20 heavy (non-hydrogen) atoms. The Morgan fingerprint density at radius 2 is 2.05 bits per heavy atom. The van der Waals surface area contributed by atoms with E-state index in [4.69, 9.17) is 5.73 Å². The number of carbonyl (C=O) groups is 1. The number of anilines is 2. The second-order valence-electron chi connectivity index (χ2n) is 4.65. The van der Waals surface area contributed by atoms with Gasteiger partial charge in [0.2, 0.25) is 0 Å². The quantitative estimate of drug-likeness (QED) is 0.697. The molecule has 3 rings (SSSR count). The second-order valence-corrected chi connectivity index (χ2v) is 5.59. The molecule has 1 heterocycles. The zero-order chi connectivity index (χ0) is 14.1. The van der Waals surface area contributed by atoms with Crippen LogP contribution in [-0.2, 0) is 0 Å². The third kappa shape index (κ3) is 2.26. The van der Waals surface area contributed by atoms with Crippen molar-refractivity contribution in [2.75, 3.05) is 11.1 Å². The average molecular weight is 282 g/mol. The van der Waals surface area contributed by atoms with E-state index in [9.17, 15) is 4.79 Å². The molecule has 2 aromatic carbocycles. The Labute approximate surface area is 121 Å². The van der Waals surface area contributed by atoms with Gasteiger partial charge in [0.1, 0.15) is 0 Å². The summed E-state index contributed by atoms with van der Waals surface area (Å²) in [6.45, 7) is 1.85. The second kappa shape index (κ2) is 4.98. The Hall–Kier alpha value is -2.33. The first-order chi connectivity index (χ1) is 9.65. The van der Waals surface area contributed by atoms with Crippen molar-refractivity contribution in [3.63, 3.8) is 0 Å². The molecule has 100 valence electrons. The molecule has 3 N–H and O–H groups in total. The molecule has 0 aliphatic heterocycles. The molecule has 0 spiro atoms. The summed E-state index contributed by atoms with van der Waals surface area (Å²) in [6, 6.07) is 13.3. The highest BCUT2D eigenvalue weighted by Gasteiger charge is 2.11. The fourth-order valence-electron chi connectivity index (χ4n) is 2.14. The summed E-state index contributed by atoms with van der Waals surface area (Å²) in [7, 11) is 0. The van der Waals surface area contributed by atoms with Gasteiger partial charge in [0, 0.05) is 21.6 Å². The summed E-state index contributed by atoms with van der Waals surface area (Å²) in [5, 5.41) is 6.09. The van der Waals surface area contributed by atoms with Gasteiger partial charge in [-0.25, -0.2) is 0 Å². The van der Waals surface area contributed by atoms with E-state index < -0.39 is 0 Å². The molecule has 0 aliphatic rings. The van der Waals surface area contributed by atoms with Crippen molar-refractivity contribution < 1.29 is 4.79 Å². The van der Waals surface area contributed by atoms with Gasteiger partial charge >= 0.3 is 0 Å². The molecule has 3 aromatic rings. The first-order valence-electron chi connectivity index (χ1n) is 6.29. The minimum Gasteiger partial charge on any atom is -0.398 e. The maximum atomic E-state index is 12.3. The summed E-state index contributed by atoms with van der Waals surface area (Å²) in [5.74, 6) is -0.135. The highest BCUT2D eigenvalue weighted by Crippen LogP contribution is 2.24.